The van der Waals surface area contributed by atoms with Crippen LogP contribution < -0.4 is 5.73 Å². The fourth-order valence-corrected chi connectivity index (χ4v) is 5.09. The first kappa shape index (κ1) is 24.6. The highest BCUT2D eigenvalue weighted by atomic mass is 16.6. The Morgan fingerprint density at radius 3 is 2.41 bits per heavy atom. The number of hydrogen-bond acceptors (Lipinski definition) is 7. The molecule has 10 heteroatoms. The van der Waals surface area contributed by atoms with Crippen molar-refractivity contribution in [2.24, 2.45) is 11.7 Å². The molecule has 32 heavy (non-hydrogen) atoms. The minimum absolute atomic E-state index is 0.0867. The number of methoxy groups -OCH3 is 1. The Morgan fingerprint density at radius 1 is 1.12 bits per heavy atom. The Bertz CT molecular complexity index is 646. The Kier molecular flexibility index (Phi) is 8.98. The Hall–Kier alpha value is -2.07. The van der Waals surface area contributed by atoms with Gasteiger partial charge in [-0.15, -0.1) is 0 Å². The number of hydrogen-bond donors (Lipinski definition) is 2. The molecule has 2 unspecified atom stereocenters. The molecule has 1 amide bonds. The normalized spacial score (nSPS) is 25.8. The van der Waals surface area contributed by atoms with Gasteiger partial charge in [-0.25, -0.2) is 4.79 Å². The topological polar surface area (TPSA) is 115 Å². The van der Waals surface area contributed by atoms with Gasteiger partial charge in [-0.2, -0.15) is 0 Å². The molecule has 0 radical (unpaired) electrons. The lowest BCUT2D eigenvalue weighted by molar-refractivity contribution is -0.141. The van der Waals surface area contributed by atoms with Crippen LogP contribution >= 0.6 is 0 Å². The summed E-state index contributed by atoms with van der Waals surface area (Å²) < 4.78 is 10.5. The lowest BCUT2D eigenvalue weighted by Crippen LogP contribution is -2.54. The van der Waals surface area contributed by atoms with Gasteiger partial charge in [0.1, 0.15) is 0 Å². The molecule has 3 rings (SSSR count). The number of likely N-dealkylation sites (tertiary alicyclic amines) is 1. The maximum absolute atomic E-state index is 12.3. The van der Waals surface area contributed by atoms with E-state index in [0.717, 1.165) is 71.4 Å². The van der Waals surface area contributed by atoms with Crippen LogP contribution in [0.4, 0.5) is 4.79 Å². The number of rotatable bonds is 9. The van der Waals surface area contributed by atoms with Gasteiger partial charge in [0.05, 0.1) is 19.6 Å². The van der Waals surface area contributed by atoms with Crippen molar-refractivity contribution in [3.63, 3.8) is 0 Å². The summed E-state index contributed by atoms with van der Waals surface area (Å²) in [5.41, 5.74) is 5.58. The zero-order valence-corrected chi connectivity index (χ0v) is 19.6. The zero-order valence-electron chi connectivity index (χ0n) is 19.6. The molecule has 0 aliphatic carbocycles. The van der Waals surface area contributed by atoms with Crippen LogP contribution in [0.25, 0.3) is 0 Å². The van der Waals surface area contributed by atoms with Crippen LogP contribution in [0.1, 0.15) is 44.9 Å². The number of nitrogens with zero attached hydrogens (tertiary/aromatic N) is 4. The number of esters is 1. The molecule has 0 spiro atoms. The van der Waals surface area contributed by atoms with Gasteiger partial charge in [0.25, 0.3) is 0 Å². The van der Waals surface area contributed by atoms with Gasteiger partial charge in [-0.05, 0) is 25.2 Å². The summed E-state index contributed by atoms with van der Waals surface area (Å²) in [7, 11) is 3.26. The van der Waals surface area contributed by atoms with Gasteiger partial charge in [0, 0.05) is 52.9 Å². The maximum atomic E-state index is 12.3. The minimum atomic E-state index is -0.232. The first-order valence-corrected chi connectivity index (χ1v) is 11.9. The Morgan fingerprint density at radius 2 is 1.78 bits per heavy atom. The van der Waals surface area contributed by atoms with E-state index in [4.69, 9.17) is 20.6 Å². The van der Waals surface area contributed by atoms with Crippen molar-refractivity contribution in [3.8, 4) is 0 Å². The van der Waals surface area contributed by atoms with E-state index in [-0.39, 0.29) is 30.3 Å². The fraction of sp³-hybridized carbons (Fsp3) is 0.864. The van der Waals surface area contributed by atoms with Gasteiger partial charge in [0.15, 0.2) is 12.2 Å². The van der Waals surface area contributed by atoms with Crippen LogP contribution in [0.3, 0.4) is 0 Å². The van der Waals surface area contributed by atoms with Crippen molar-refractivity contribution in [1.82, 2.24) is 19.6 Å². The van der Waals surface area contributed by atoms with Crippen molar-refractivity contribution in [2.45, 2.75) is 57.2 Å². The molecule has 3 aliphatic heterocycles. The summed E-state index contributed by atoms with van der Waals surface area (Å²) in [4.78, 5) is 31.9. The van der Waals surface area contributed by atoms with E-state index in [0.29, 0.717) is 18.9 Å². The second-order valence-corrected chi connectivity index (χ2v) is 9.26. The second kappa shape index (κ2) is 11.7. The van der Waals surface area contributed by atoms with Crippen LogP contribution in [0.5, 0.6) is 0 Å². The minimum Gasteiger partial charge on any atom is -0.469 e. The molecule has 3 saturated heterocycles. The number of guanidine groups is 1. The highest BCUT2D eigenvalue weighted by Gasteiger charge is 2.43. The van der Waals surface area contributed by atoms with Gasteiger partial charge in [-0.1, -0.05) is 19.3 Å². The number of piperazine rings is 1. The molecule has 3 aliphatic rings. The lowest BCUT2D eigenvalue weighted by Gasteiger charge is -2.38. The number of cyclic esters (lactones) is 1. The molecule has 0 bridgehead atoms. The van der Waals surface area contributed by atoms with Gasteiger partial charge >= 0.3 is 12.1 Å². The molecule has 0 aromatic heterocycles. The van der Waals surface area contributed by atoms with Crippen LogP contribution in [0.15, 0.2) is 0 Å². The van der Waals surface area contributed by atoms with Crippen molar-refractivity contribution in [2.75, 3.05) is 60.0 Å². The maximum Gasteiger partial charge on any atom is 0.411 e. The highest BCUT2D eigenvalue weighted by Crippen LogP contribution is 2.28. The molecular weight excluding hydrogens is 412 g/mol. The molecule has 0 aromatic rings. The zero-order chi connectivity index (χ0) is 23.1. The molecule has 10 nitrogen and oxygen atoms in total. The fourth-order valence-electron chi connectivity index (χ4n) is 5.09. The summed E-state index contributed by atoms with van der Waals surface area (Å²) in [6.45, 7) is 5.87. The number of ether oxygens (including phenoxy) is 2. The predicted octanol–water partition coefficient (Wildman–Crippen LogP) is 1.11. The number of nitrogens with two attached hydrogens (primary N) is 1. The summed E-state index contributed by atoms with van der Waals surface area (Å²) in [6, 6.07) is 0.0867. The lowest BCUT2D eigenvalue weighted by atomic mass is 9.91. The van der Waals surface area contributed by atoms with E-state index in [9.17, 15) is 9.59 Å². The number of unbranched alkanes of at least 4 members (excludes halogenated alkanes) is 1. The Labute approximate surface area is 191 Å². The van der Waals surface area contributed by atoms with E-state index in [2.05, 4.69) is 9.80 Å². The molecular formula is C22H40N6O4. The molecule has 2 atom stereocenters. The summed E-state index contributed by atoms with van der Waals surface area (Å²) in [5.74, 6) is 0.717. The van der Waals surface area contributed by atoms with Crippen molar-refractivity contribution in [3.05, 3.63) is 0 Å². The third-order valence-corrected chi connectivity index (χ3v) is 7.28. The number of likely N-dealkylation sites (N-methyl/N-ethyl adjacent to an activating group) is 1. The molecule has 0 aromatic carbocycles. The third-order valence-electron chi connectivity index (χ3n) is 7.28. The van der Waals surface area contributed by atoms with E-state index in [1.165, 1.54) is 13.5 Å². The van der Waals surface area contributed by atoms with Crippen LogP contribution in [-0.4, -0.2) is 110 Å². The van der Waals surface area contributed by atoms with Crippen LogP contribution in [0, 0.1) is 11.3 Å². The smallest absolute Gasteiger partial charge is 0.411 e. The van der Waals surface area contributed by atoms with E-state index >= 15 is 0 Å². The number of carbonyl (C=O) groups is 2. The van der Waals surface area contributed by atoms with Crippen molar-refractivity contribution < 1.29 is 19.1 Å². The first-order valence-electron chi connectivity index (χ1n) is 11.9. The second-order valence-electron chi connectivity index (χ2n) is 9.26. The van der Waals surface area contributed by atoms with E-state index in [1.807, 2.05) is 11.9 Å². The average Bonchev–Trinajstić information content (AvgIpc) is 3.09. The highest BCUT2D eigenvalue weighted by molar-refractivity contribution is 5.74. The molecule has 0 saturated carbocycles. The quantitative estimate of drug-likeness (QED) is 0.231. The summed E-state index contributed by atoms with van der Waals surface area (Å²) >= 11 is 0. The molecule has 3 N–H and O–H groups in total. The van der Waals surface area contributed by atoms with Crippen molar-refractivity contribution >= 4 is 18.0 Å². The van der Waals surface area contributed by atoms with E-state index < -0.39 is 0 Å². The molecule has 182 valence electrons. The Balaban J connectivity index is 1.39. The summed E-state index contributed by atoms with van der Waals surface area (Å²) in [6.07, 6.45) is 6.57. The molecule has 3 fully saturated rings. The van der Waals surface area contributed by atoms with Crippen molar-refractivity contribution in [1.29, 1.82) is 5.41 Å². The number of piperidine rings is 1. The number of nitrogens with one attached hydrogen (secondary N) is 1. The average molecular weight is 453 g/mol. The van der Waals surface area contributed by atoms with Gasteiger partial charge < -0.3 is 29.9 Å². The number of amides is 1. The predicted molar refractivity (Wildman–Crippen MR) is 121 cm³/mol. The van der Waals surface area contributed by atoms with E-state index in [1.54, 1.807) is 4.90 Å². The number of carbonyl (C=O) groups excluding carboxylic acids is 2. The standard InChI is InChI=1S/C22H40N6O4/c1-25-18(6-4-3-5-17-7-11-28(12-8-17)21(23)24)20(32-22(25)30)27-15-13-26(14-16-27)10-9-19(29)31-2/h17-18,20H,3-16H2,1-2H3,(H3,23,24). The van der Waals surface area contributed by atoms with Gasteiger partial charge in [0.2, 0.25) is 0 Å². The monoisotopic (exact) mass is 452 g/mol. The molecule has 3 heterocycles. The summed E-state index contributed by atoms with van der Waals surface area (Å²) in [5, 5.41) is 7.55. The third kappa shape index (κ3) is 6.48. The van der Waals surface area contributed by atoms with Crippen LogP contribution in [0.2, 0.25) is 0 Å². The SMILES string of the molecule is COC(=O)CCN1CCN(C2OC(=O)N(C)C2CCCCC2CCN(C(=N)N)CC2)CC1. The van der Waals surface area contributed by atoms with Gasteiger partial charge in [-0.3, -0.25) is 15.1 Å². The first-order chi connectivity index (χ1) is 15.4. The van der Waals surface area contributed by atoms with Crippen LogP contribution in [-0.2, 0) is 14.3 Å². The largest absolute Gasteiger partial charge is 0.469 e.